The van der Waals surface area contributed by atoms with E-state index in [1.807, 2.05) is 6.92 Å². The van der Waals surface area contributed by atoms with Gasteiger partial charge in [0.25, 0.3) is 6.47 Å². The summed E-state index contributed by atoms with van der Waals surface area (Å²) in [6.45, 7) is 4.89. The maximum Gasteiger partial charge on any atom is 0.293 e. The van der Waals surface area contributed by atoms with Gasteiger partial charge in [-0.05, 0) is 25.8 Å². The minimum absolute atomic E-state index is 0.330. The highest BCUT2D eigenvalue weighted by atomic mass is 32.1. The number of hydrogen-bond acceptors (Lipinski definition) is 5. The molecular formula is C15H22N2O2S. The van der Waals surface area contributed by atoms with E-state index >= 15 is 0 Å². The van der Waals surface area contributed by atoms with Gasteiger partial charge in [-0.15, -0.1) is 0 Å². The molecule has 1 aliphatic heterocycles. The van der Waals surface area contributed by atoms with Gasteiger partial charge in [0.05, 0.1) is 0 Å². The number of piperidine rings is 1. The molecule has 0 radical (unpaired) electrons. The van der Waals surface area contributed by atoms with Crippen LogP contribution in [0.4, 0.5) is 5.69 Å². The van der Waals surface area contributed by atoms with E-state index in [1.54, 1.807) is 0 Å². The van der Waals surface area contributed by atoms with E-state index in [-0.39, 0.29) is 0 Å². The molecule has 0 aliphatic carbocycles. The van der Waals surface area contributed by atoms with Crippen LogP contribution in [0, 0.1) is 6.92 Å². The molecule has 1 saturated heterocycles. The number of ether oxygens (including phenoxy) is 1. The summed E-state index contributed by atoms with van der Waals surface area (Å²) in [5, 5.41) is 0. The van der Waals surface area contributed by atoms with Crippen LogP contribution in [0.1, 0.15) is 24.0 Å². The lowest BCUT2D eigenvalue weighted by molar-refractivity contribution is -0.129. The van der Waals surface area contributed by atoms with Crippen LogP contribution in [0.25, 0.3) is 0 Å². The lowest BCUT2D eigenvalue weighted by Crippen LogP contribution is -2.40. The van der Waals surface area contributed by atoms with E-state index in [4.69, 9.17) is 4.74 Å². The third-order valence-electron chi connectivity index (χ3n) is 3.91. The second-order valence-electron chi connectivity index (χ2n) is 5.34. The molecule has 1 aromatic carbocycles. The molecule has 0 saturated carbocycles. The molecule has 0 N–H and O–H groups in total. The molecule has 110 valence electrons. The maximum absolute atomic E-state index is 10.4. The van der Waals surface area contributed by atoms with Gasteiger partial charge >= 0.3 is 0 Å². The Kier molecular flexibility index (Phi) is 5.31. The van der Waals surface area contributed by atoms with Crippen molar-refractivity contribution in [3.8, 4) is 0 Å². The molecular weight excluding hydrogens is 272 g/mol. The SMILES string of the molecule is Cc1ccc(N(C)C2CCN(S)CC2)c(COC=O)c1. The molecule has 0 atom stereocenters. The first-order valence-electron chi connectivity index (χ1n) is 6.93. The van der Waals surface area contributed by atoms with Gasteiger partial charge in [-0.2, -0.15) is 0 Å². The van der Waals surface area contributed by atoms with Crippen molar-refractivity contribution < 1.29 is 9.53 Å². The lowest BCUT2D eigenvalue weighted by atomic mass is 10.0. The van der Waals surface area contributed by atoms with Crippen LogP contribution in [0.3, 0.4) is 0 Å². The number of aryl methyl sites for hydroxylation is 1. The summed E-state index contributed by atoms with van der Waals surface area (Å²) in [5.74, 6) is 0. The van der Waals surface area contributed by atoms with E-state index in [9.17, 15) is 4.79 Å². The molecule has 4 nitrogen and oxygen atoms in total. The van der Waals surface area contributed by atoms with Gasteiger partial charge in [0.15, 0.2) is 0 Å². The second kappa shape index (κ2) is 6.99. The molecule has 0 aromatic heterocycles. The summed E-state index contributed by atoms with van der Waals surface area (Å²) in [6.07, 6.45) is 2.20. The number of benzene rings is 1. The Balaban J connectivity index is 2.15. The lowest BCUT2D eigenvalue weighted by Gasteiger charge is -2.36. The van der Waals surface area contributed by atoms with E-state index in [2.05, 4.69) is 47.3 Å². The van der Waals surface area contributed by atoms with Crippen molar-refractivity contribution in [3.05, 3.63) is 29.3 Å². The van der Waals surface area contributed by atoms with Crippen molar-refractivity contribution in [1.82, 2.24) is 4.31 Å². The minimum Gasteiger partial charge on any atom is -0.463 e. The van der Waals surface area contributed by atoms with Gasteiger partial charge in [0.1, 0.15) is 6.61 Å². The minimum atomic E-state index is 0.330. The fourth-order valence-electron chi connectivity index (χ4n) is 2.73. The van der Waals surface area contributed by atoms with Crippen LogP contribution in [0.5, 0.6) is 0 Å². The predicted octanol–water partition coefficient (Wildman–Crippen LogP) is 2.41. The van der Waals surface area contributed by atoms with Gasteiger partial charge in [0.2, 0.25) is 0 Å². The van der Waals surface area contributed by atoms with Crippen molar-refractivity contribution in [2.24, 2.45) is 0 Å². The van der Waals surface area contributed by atoms with E-state index in [1.165, 1.54) is 5.56 Å². The standard InChI is InChI=1S/C15H22N2O2S/c1-12-3-4-15(13(9-12)10-19-11-18)16(2)14-5-7-17(20)8-6-14/h3-4,9,11,14,20H,5-8,10H2,1-2H3. The molecule has 1 fully saturated rings. The number of carbonyl (C=O) groups is 1. The van der Waals surface area contributed by atoms with Crippen molar-refractivity contribution in [2.45, 2.75) is 32.4 Å². The van der Waals surface area contributed by atoms with Crippen molar-refractivity contribution in [1.29, 1.82) is 0 Å². The molecule has 0 bridgehead atoms. The Morgan fingerprint density at radius 2 is 2.15 bits per heavy atom. The van der Waals surface area contributed by atoms with Crippen LogP contribution in [-0.4, -0.2) is 37.0 Å². The molecule has 1 aromatic rings. The summed E-state index contributed by atoms with van der Waals surface area (Å²) < 4.78 is 7.01. The molecule has 2 rings (SSSR count). The fraction of sp³-hybridized carbons (Fsp3) is 0.533. The molecule has 0 spiro atoms. The van der Waals surface area contributed by atoms with E-state index in [0.717, 1.165) is 37.2 Å². The number of carbonyl (C=O) groups excluding carboxylic acids is 1. The van der Waals surface area contributed by atoms with Gasteiger partial charge < -0.3 is 9.64 Å². The summed E-state index contributed by atoms with van der Waals surface area (Å²) in [5.41, 5.74) is 3.39. The summed E-state index contributed by atoms with van der Waals surface area (Å²) >= 11 is 4.39. The van der Waals surface area contributed by atoms with Crippen LogP contribution in [0.15, 0.2) is 18.2 Å². The van der Waals surface area contributed by atoms with Crippen LogP contribution in [0.2, 0.25) is 0 Å². The Bertz CT molecular complexity index is 459. The zero-order chi connectivity index (χ0) is 14.5. The summed E-state index contributed by atoms with van der Waals surface area (Å²) in [6, 6.07) is 6.81. The molecule has 0 amide bonds. The molecule has 0 unspecified atom stereocenters. The Labute approximate surface area is 126 Å². The Hall–Kier alpha value is -1.20. The van der Waals surface area contributed by atoms with Gasteiger partial charge in [-0.1, -0.05) is 30.5 Å². The van der Waals surface area contributed by atoms with Gasteiger partial charge in [0, 0.05) is 37.4 Å². The van der Waals surface area contributed by atoms with Gasteiger partial charge in [-0.25, -0.2) is 0 Å². The van der Waals surface area contributed by atoms with E-state index < -0.39 is 0 Å². The largest absolute Gasteiger partial charge is 0.463 e. The first-order chi connectivity index (χ1) is 9.61. The predicted molar refractivity (Wildman–Crippen MR) is 84.0 cm³/mol. The fourth-order valence-corrected chi connectivity index (χ4v) is 2.96. The van der Waals surface area contributed by atoms with Gasteiger partial charge in [-0.3, -0.25) is 9.10 Å². The third kappa shape index (κ3) is 3.67. The highest BCUT2D eigenvalue weighted by molar-refractivity contribution is 7.77. The zero-order valence-electron chi connectivity index (χ0n) is 12.1. The molecule has 20 heavy (non-hydrogen) atoms. The van der Waals surface area contributed by atoms with Crippen LogP contribution < -0.4 is 4.90 Å². The highest BCUT2D eigenvalue weighted by Crippen LogP contribution is 2.27. The monoisotopic (exact) mass is 294 g/mol. The maximum atomic E-state index is 10.4. The summed E-state index contributed by atoms with van der Waals surface area (Å²) in [7, 11) is 2.12. The second-order valence-corrected chi connectivity index (χ2v) is 5.90. The molecule has 1 heterocycles. The first-order valence-corrected chi connectivity index (χ1v) is 7.33. The zero-order valence-corrected chi connectivity index (χ0v) is 13.0. The van der Waals surface area contributed by atoms with Crippen molar-refractivity contribution in [3.63, 3.8) is 0 Å². The Morgan fingerprint density at radius 3 is 2.80 bits per heavy atom. The van der Waals surface area contributed by atoms with E-state index in [0.29, 0.717) is 19.1 Å². The first kappa shape index (κ1) is 15.2. The topological polar surface area (TPSA) is 32.8 Å². The quantitative estimate of drug-likeness (QED) is 0.668. The number of nitrogens with zero attached hydrogens (tertiary/aromatic N) is 2. The number of anilines is 1. The normalized spacial score (nSPS) is 16.9. The number of thiol groups is 1. The molecule has 5 heteroatoms. The van der Waals surface area contributed by atoms with Crippen molar-refractivity contribution >= 4 is 25.0 Å². The van der Waals surface area contributed by atoms with Crippen LogP contribution in [-0.2, 0) is 16.1 Å². The van der Waals surface area contributed by atoms with Crippen LogP contribution >= 0.6 is 12.8 Å². The third-order valence-corrected chi connectivity index (χ3v) is 4.31. The molecule has 1 aliphatic rings. The average molecular weight is 294 g/mol. The number of rotatable bonds is 5. The average Bonchev–Trinajstić information content (AvgIpc) is 2.45. The summed E-state index contributed by atoms with van der Waals surface area (Å²) in [4.78, 5) is 12.7. The highest BCUT2D eigenvalue weighted by Gasteiger charge is 2.22. The number of hydrogen-bond donors (Lipinski definition) is 1. The van der Waals surface area contributed by atoms with Crippen molar-refractivity contribution in [2.75, 3.05) is 25.0 Å². The smallest absolute Gasteiger partial charge is 0.293 e. The Morgan fingerprint density at radius 1 is 1.45 bits per heavy atom.